The van der Waals surface area contributed by atoms with Gasteiger partial charge in [-0.2, -0.15) is 0 Å². The number of carbonyl (C=O) groups is 2. The number of benzene rings is 2. The fourth-order valence-electron chi connectivity index (χ4n) is 1.78. The van der Waals surface area contributed by atoms with Gasteiger partial charge in [0.15, 0.2) is 18.5 Å². The number of aldehydes is 1. The Morgan fingerprint density at radius 1 is 1.04 bits per heavy atom. The van der Waals surface area contributed by atoms with Gasteiger partial charge < -0.3 is 14.6 Å². The highest BCUT2D eigenvalue weighted by Crippen LogP contribution is 2.10. The van der Waals surface area contributed by atoms with Crippen LogP contribution in [0.5, 0.6) is 5.75 Å². The van der Waals surface area contributed by atoms with Crippen molar-refractivity contribution >= 4 is 12.3 Å². The molecule has 0 bridgehead atoms. The standard InChI is InChI=1S/C19H16O5/c20-13-16(21)11-12-18(14-23-17-9-5-2-6-10-17)24-19(22)15-7-3-1-4-8-15/h1-10,13,16,18,21H,14H2/t16-,18?/m1/s1. The van der Waals surface area contributed by atoms with Crippen LogP contribution in [-0.4, -0.2) is 36.2 Å². The van der Waals surface area contributed by atoms with E-state index in [0.717, 1.165) is 0 Å². The van der Waals surface area contributed by atoms with Crippen LogP contribution in [0.15, 0.2) is 60.7 Å². The van der Waals surface area contributed by atoms with Gasteiger partial charge in [0, 0.05) is 0 Å². The van der Waals surface area contributed by atoms with Crippen molar-refractivity contribution in [2.75, 3.05) is 6.61 Å². The molecule has 0 saturated heterocycles. The summed E-state index contributed by atoms with van der Waals surface area (Å²) in [6.45, 7) is -0.0266. The molecule has 24 heavy (non-hydrogen) atoms. The maximum atomic E-state index is 12.1. The minimum Gasteiger partial charge on any atom is -0.489 e. The predicted molar refractivity (Wildman–Crippen MR) is 87.4 cm³/mol. The van der Waals surface area contributed by atoms with Gasteiger partial charge in [-0.15, -0.1) is 0 Å². The number of hydrogen-bond acceptors (Lipinski definition) is 5. The maximum Gasteiger partial charge on any atom is 0.339 e. The molecular weight excluding hydrogens is 308 g/mol. The molecule has 122 valence electrons. The molecule has 0 fully saturated rings. The van der Waals surface area contributed by atoms with E-state index in [-0.39, 0.29) is 6.61 Å². The smallest absolute Gasteiger partial charge is 0.339 e. The largest absolute Gasteiger partial charge is 0.489 e. The third-order valence-corrected chi connectivity index (χ3v) is 2.92. The molecular formula is C19H16O5. The highest BCUT2D eigenvalue weighted by Gasteiger charge is 2.15. The van der Waals surface area contributed by atoms with Crippen LogP contribution in [0.3, 0.4) is 0 Å². The van der Waals surface area contributed by atoms with Crippen molar-refractivity contribution in [2.45, 2.75) is 12.2 Å². The molecule has 0 radical (unpaired) electrons. The van der Waals surface area contributed by atoms with Gasteiger partial charge in [0.05, 0.1) is 5.56 Å². The number of hydrogen-bond donors (Lipinski definition) is 1. The highest BCUT2D eigenvalue weighted by molar-refractivity contribution is 5.89. The lowest BCUT2D eigenvalue weighted by atomic mass is 10.2. The normalized spacial score (nSPS) is 12.2. The van der Waals surface area contributed by atoms with E-state index in [2.05, 4.69) is 11.8 Å². The lowest BCUT2D eigenvalue weighted by Crippen LogP contribution is -2.24. The predicted octanol–water partition coefficient (Wildman–Crippen LogP) is 1.85. The van der Waals surface area contributed by atoms with Crippen LogP contribution in [0.25, 0.3) is 0 Å². The summed E-state index contributed by atoms with van der Waals surface area (Å²) in [5, 5.41) is 9.22. The van der Waals surface area contributed by atoms with Crippen LogP contribution in [0.1, 0.15) is 10.4 Å². The summed E-state index contributed by atoms with van der Waals surface area (Å²) in [5.74, 6) is 4.88. The Morgan fingerprint density at radius 3 is 2.29 bits per heavy atom. The Hall–Kier alpha value is -3.10. The molecule has 1 N–H and O–H groups in total. The molecule has 2 aromatic carbocycles. The van der Waals surface area contributed by atoms with Crippen molar-refractivity contribution < 1.29 is 24.2 Å². The Bertz CT molecular complexity index is 716. The van der Waals surface area contributed by atoms with E-state index in [4.69, 9.17) is 9.47 Å². The number of esters is 1. The second-order valence-electron chi connectivity index (χ2n) is 4.75. The van der Waals surface area contributed by atoms with Gasteiger partial charge in [-0.3, -0.25) is 4.79 Å². The molecule has 0 saturated carbocycles. The molecule has 0 aliphatic carbocycles. The number of ether oxygens (including phenoxy) is 2. The summed E-state index contributed by atoms with van der Waals surface area (Å²) in [6, 6.07) is 17.4. The average Bonchev–Trinajstić information content (AvgIpc) is 2.65. The molecule has 0 heterocycles. The summed E-state index contributed by atoms with van der Waals surface area (Å²) in [7, 11) is 0. The lowest BCUT2D eigenvalue weighted by molar-refractivity contribution is -0.112. The monoisotopic (exact) mass is 324 g/mol. The fourth-order valence-corrected chi connectivity index (χ4v) is 1.78. The second kappa shape index (κ2) is 9.13. The Labute approximate surface area is 139 Å². The SMILES string of the molecule is O=C[C@H](O)C#CC(COc1ccccc1)OC(=O)c1ccccc1. The third-order valence-electron chi connectivity index (χ3n) is 2.92. The van der Waals surface area contributed by atoms with Crippen LogP contribution in [0.2, 0.25) is 0 Å². The first kappa shape index (κ1) is 17.3. The van der Waals surface area contributed by atoms with E-state index in [1.165, 1.54) is 0 Å². The minimum atomic E-state index is -1.43. The lowest BCUT2D eigenvalue weighted by Gasteiger charge is -2.14. The zero-order valence-corrected chi connectivity index (χ0v) is 12.8. The zero-order chi connectivity index (χ0) is 17.2. The van der Waals surface area contributed by atoms with Crippen molar-refractivity contribution in [3.63, 3.8) is 0 Å². The Kier molecular flexibility index (Phi) is 6.57. The van der Waals surface area contributed by atoms with E-state index in [9.17, 15) is 14.7 Å². The molecule has 0 amide bonds. The quantitative estimate of drug-likeness (QED) is 0.499. The van der Waals surface area contributed by atoms with E-state index in [1.54, 1.807) is 42.5 Å². The van der Waals surface area contributed by atoms with E-state index in [0.29, 0.717) is 17.6 Å². The van der Waals surface area contributed by atoms with Gasteiger partial charge in [0.2, 0.25) is 0 Å². The van der Waals surface area contributed by atoms with Crippen LogP contribution in [-0.2, 0) is 9.53 Å². The van der Waals surface area contributed by atoms with Crippen molar-refractivity contribution in [1.29, 1.82) is 0 Å². The van der Waals surface area contributed by atoms with Crippen LogP contribution in [0, 0.1) is 11.8 Å². The zero-order valence-electron chi connectivity index (χ0n) is 12.8. The fraction of sp³-hybridized carbons (Fsp3) is 0.158. The molecule has 5 nitrogen and oxygen atoms in total. The van der Waals surface area contributed by atoms with Crippen molar-refractivity contribution in [1.82, 2.24) is 0 Å². The number of aliphatic hydroxyl groups is 1. The molecule has 2 atom stereocenters. The first-order valence-corrected chi connectivity index (χ1v) is 7.27. The van der Waals surface area contributed by atoms with E-state index < -0.39 is 18.2 Å². The molecule has 0 aromatic heterocycles. The number of carbonyl (C=O) groups excluding carboxylic acids is 2. The summed E-state index contributed by atoms with van der Waals surface area (Å²) in [4.78, 5) is 22.6. The second-order valence-corrected chi connectivity index (χ2v) is 4.75. The molecule has 2 rings (SSSR count). The Morgan fingerprint density at radius 2 is 1.67 bits per heavy atom. The summed E-state index contributed by atoms with van der Waals surface area (Å²) >= 11 is 0. The summed E-state index contributed by atoms with van der Waals surface area (Å²) in [6.07, 6.45) is -2.06. The maximum absolute atomic E-state index is 12.1. The van der Waals surface area contributed by atoms with Crippen LogP contribution >= 0.6 is 0 Å². The molecule has 0 aliphatic heterocycles. The van der Waals surface area contributed by atoms with Crippen molar-refractivity contribution in [3.05, 3.63) is 66.2 Å². The van der Waals surface area contributed by atoms with E-state index in [1.807, 2.05) is 18.2 Å². The summed E-state index contributed by atoms with van der Waals surface area (Å²) in [5.41, 5.74) is 0.375. The molecule has 0 spiro atoms. The molecule has 2 aromatic rings. The molecule has 0 aliphatic rings. The number of para-hydroxylation sites is 1. The topological polar surface area (TPSA) is 72.8 Å². The van der Waals surface area contributed by atoms with Crippen molar-refractivity contribution in [3.8, 4) is 17.6 Å². The van der Waals surface area contributed by atoms with Crippen molar-refractivity contribution in [2.24, 2.45) is 0 Å². The molecule has 1 unspecified atom stereocenters. The summed E-state index contributed by atoms with van der Waals surface area (Å²) < 4.78 is 10.8. The van der Waals surface area contributed by atoms with Gasteiger partial charge in [0.1, 0.15) is 12.4 Å². The Balaban J connectivity index is 2.05. The average molecular weight is 324 g/mol. The van der Waals surface area contributed by atoms with Crippen LogP contribution in [0.4, 0.5) is 0 Å². The van der Waals surface area contributed by atoms with Gasteiger partial charge in [-0.1, -0.05) is 48.2 Å². The first-order chi connectivity index (χ1) is 11.7. The number of rotatable bonds is 6. The first-order valence-electron chi connectivity index (χ1n) is 7.27. The van der Waals surface area contributed by atoms with Gasteiger partial charge in [0.25, 0.3) is 0 Å². The molecule has 5 heteroatoms. The number of aliphatic hydroxyl groups excluding tert-OH is 1. The van der Waals surface area contributed by atoms with Crippen LogP contribution < -0.4 is 4.74 Å². The third kappa shape index (κ3) is 5.59. The van der Waals surface area contributed by atoms with E-state index >= 15 is 0 Å². The van der Waals surface area contributed by atoms with Gasteiger partial charge in [-0.05, 0) is 24.3 Å². The minimum absolute atomic E-state index is 0.0266. The highest BCUT2D eigenvalue weighted by atomic mass is 16.6. The van der Waals surface area contributed by atoms with Gasteiger partial charge >= 0.3 is 5.97 Å². The van der Waals surface area contributed by atoms with Gasteiger partial charge in [-0.25, -0.2) is 4.79 Å².